The van der Waals surface area contributed by atoms with Crippen LogP contribution in [0.25, 0.3) is 5.57 Å². The molecule has 2 aromatic carbocycles. The number of amides is 2. The number of rotatable bonds is 6. The summed E-state index contributed by atoms with van der Waals surface area (Å²) in [5.74, 6) is -1.38. The maximum absolute atomic E-state index is 13.4. The van der Waals surface area contributed by atoms with Crippen molar-refractivity contribution in [1.82, 2.24) is 4.90 Å². The third-order valence-electron chi connectivity index (χ3n) is 4.61. The summed E-state index contributed by atoms with van der Waals surface area (Å²) in [7, 11) is 5.38. The largest absolute Gasteiger partial charge is 0.395 e. The van der Waals surface area contributed by atoms with Gasteiger partial charge in [0, 0.05) is 33.4 Å². The van der Waals surface area contributed by atoms with Crippen molar-refractivity contribution in [3.63, 3.8) is 0 Å². The maximum Gasteiger partial charge on any atom is 0.282 e. The molecule has 0 spiro atoms. The number of anilines is 2. The van der Waals surface area contributed by atoms with Crippen LogP contribution in [0.5, 0.6) is 0 Å². The zero-order chi connectivity index (χ0) is 20.4. The number of hydrogen-bond acceptors (Lipinski definition) is 5. The van der Waals surface area contributed by atoms with Crippen molar-refractivity contribution < 1.29 is 19.1 Å². The molecule has 0 fully saturated rings. The lowest BCUT2D eigenvalue weighted by Crippen LogP contribution is -2.35. The summed E-state index contributed by atoms with van der Waals surface area (Å²) in [5.41, 5.74) is 2.12. The first kappa shape index (κ1) is 19.6. The summed E-state index contributed by atoms with van der Waals surface area (Å²) in [6, 6.07) is 12.6. The van der Waals surface area contributed by atoms with E-state index >= 15 is 0 Å². The van der Waals surface area contributed by atoms with E-state index in [1.165, 1.54) is 24.3 Å². The maximum atomic E-state index is 13.4. The van der Waals surface area contributed by atoms with E-state index in [0.29, 0.717) is 11.3 Å². The SMILES string of the molecule is CN(CCO)C1=C(c2ccc(F)cc2)C(=O)N(c2cccc(N(C)C)c2)C1=O. The number of nitrogens with zero attached hydrogens (tertiary/aromatic N) is 3. The van der Waals surface area contributed by atoms with Crippen LogP contribution in [0.2, 0.25) is 0 Å². The number of aliphatic hydroxyl groups excluding tert-OH is 1. The highest BCUT2D eigenvalue weighted by Gasteiger charge is 2.41. The lowest BCUT2D eigenvalue weighted by molar-refractivity contribution is -0.120. The molecule has 3 rings (SSSR count). The molecule has 6 nitrogen and oxygen atoms in total. The minimum atomic E-state index is -0.479. The molecule has 0 aliphatic carbocycles. The first-order valence-electron chi connectivity index (χ1n) is 8.83. The number of carbonyl (C=O) groups is 2. The van der Waals surface area contributed by atoms with Crippen molar-refractivity contribution in [3.05, 3.63) is 65.6 Å². The Labute approximate surface area is 163 Å². The van der Waals surface area contributed by atoms with Gasteiger partial charge in [0.05, 0.1) is 17.9 Å². The molecule has 1 aliphatic rings. The molecule has 0 bridgehead atoms. The number of benzene rings is 2. The van der Waals surface area contributed by atoms with Crippen LogP contribution in [0.3, 0.4) is 0 Å². The van der Waals surface area contributed by atoms with Crippen LogP contribution in [-0.2, 0) is 9.59 Å². The van der Waals surface area contributed by atoms with Gasteiger partial charge in [0.15, 0.2) is 0 Å². The van der Waals surface area contributed by atoms with Crippen LogP contribution in [0.4, 0.5) is 15.8 Å². The third-order valence-corrected chi connectivity index (χ3v) is 4.61. The summed E-state index contributed by atoms with van der Waals surface area (Å²) >= 11 is 0. The van der Waals surface area contributed by atoms with Gasteiger partial charge < -0.3 is 14.9 Å². The molecule has 2 aromatic rings. The Hall–Kier alpha value is -3.19. The second kappa shape index (κ2) is 7.82. The lowest BCUT2D eigenvalue weighted by atomic mass is 10.0. The molecule has 1 aliphatic heterocycles. The quantitative estimate of drug-likeness (QED) is 0.774. The monoisotopic (exact) mass is 383 g/mol. The third kappa shape index (κ3) is 3.48. The van der Waals surface area contributed by atoms with Gasteiger partial charge in [0.2, 0.25) is 0 Å². The Morgan fingerprint density at radius 1 is 1.00 bits per heavy atom. The highest BCUT2D eigenvalue weighted by Crippen LogP contribution is 2.35. The van der Waals surface area contributed by atoms with Crippen molar-refractivity contribution in [2.45, 2.75) is 0 Å². The van der Waals surface area contributed by atoms with Gasteiger partial charge in [0.1, 0.15) is 11.5 Å². The molecule has 146 valence electrons. The van der Waals surface area contributed by atoms with Crippen LogP contribution in [0.1, 0.15) is 5.56 Å². The molecular weight excluding hydrogens is 361 g/mol. The van der Waals surface area contributed by atoms with E-state index in [-0.39, 0.29) is 24.4 Å². The summed E-state index contributed by atoms with van der Waals surface area (Å²) in [5, 5.41) is 9.29. The molecule has 0 unspecified atom stereocenters. The summed E-state index contributed by atoms with van der Waals surface area (Å²) in [4.78, 5) is 31.0. The molecule has 0 atom stereocenters. The predicted molar refractivity (Wildman–Crippen MR) is 106 cm³/mol. The van der Waals surface area contributed by atoms with E-state index in [4.69, 9.17) is 0 Å². The van der Waals surface area contributed by atoms with E-state index in [2.05, 4.69) is 0 Å². The summed E-state index contributed by atoms with van der Waals surface area (Å²) in [6.45, 7) is 0.0128. The average Bonchev–Trinajstić information content (AvgIpc) is 2.93. The first-order chi connectivity index (χ1) is 13.3. The molecule has 28 heavy (non-hydrogen) atoms. The Bertz CT molecular complexity index is 938. The number of hydrogen-bond donors (Lipinski definition) is 1. The Balaban J connectivity index is 2.11. The molecule has 2 amide bonds. The molecule has 1 N–H and O–H groups in total. The Morgan fingerprint density at radius 2 is 1.68 bits per heavy atom. The molecule has 1 heterocycles. The van der Waals surface area contributed by atoms with Crippen molar-refractivity contribution in [1.29, 1.82) is 0 Å². The van der Waals surface area contributed by atoms with Gasteiger partial charge >= 0.3 is 0 Å². The fourth-order valence-electron chi connectivity index (χ4n) is 3.16. The van der Waals surface area contributed by atoms with Gasteiger partial charge in [-0.2, -0.15) is 0 Å². The topological polar surface area (TPSA) is 64.1 Å². The van der Waals surface area contributed by atoms with Gasteiger partial charge in [-0.25, -0.2) is 9.29 Å². The second-order valence-corrected chi connectivity index (χ2v) is 6.74. The van der Waals surface area contributed by atoms with Gasteiger partial charge in [0.25, 0.3) is 11.8 Å². The van der Waals surface area contributed by atoms with Gasteiger partial charge in [-0.3, -0.25) is 9.59 Å². The van der Waals surface area contributed by atoms with E-state index in [0.717, 1.165) is 10.6 Å². The number of likely N-dealkylation sites (N-methyl/N-ethyl adjacent to an activating group) is 1. The molecule has 7 heteroatoms. The van der Waals surface area contributed by atoms with Crippen LogP contribution in [0, 0.1) is 5.82 Å². The summed E-state index contributed by atoms with van der Waals surface area (Å²) in [6.07, 6.45) is 0. The number of halogens is 1. The van der Waals surface area contributed by atoms with Crippen LogP contribution in [-0.4, -0.2) is 56.1 Å². The fraction of sp³-hybridized carbons (Fsp3) is 0.238. The summed E-state index contributed by atoms with van der Waals surface area (Å²) < 4.78 is 13.4. The van der Waals surface area contributed by atoms with Crippen LogP contribution < -0.4 is 9.80 Å². The highest BCUT2D eigenvalue weighted by molar-refractivity contribution is 6.45. The van der Waals surface area contributed by atoms with Gasteiger partial charge in [-0.1, -0.05) is 18.2 Å². The minimum absolute atomic E-state index is 0.172. The number of imide groups is 1. The van der Waals surface area contributed by atoms with E-state index in [1.54, 1.807) is 30.1 Å². The van der Waals surface area contributed by atoms with E-state index in [1.807, 2.05) is 25.1 Å². The number of carbonyl (C=O) groups excluding carboxylic acids is 2. The van der Waals surface area contributed by atoms with Crippen molar-refractivity contribution in [2.24, 2.45) is 0 Å². The fourth-order valence-corrected chi connectivity index (χ4v) is 3.16. The van der Waals surface area contributed by atoms with Crippen LogP contribution >= 0.6 is 0 Å². The van der Waals surface area contributed by atoms with Crippen molar-refractivity contribution >= 4 is 28.8 Å². The average molecular weight is 383 g/mol. The molecule has 0 saturated carbocycles. The Kier molecular flexibility index (Phi) is 5.46. The minimum Gasteiger partial charge on any atom is -0.395 e. The number of aliphatic hydroxyl groups is 1. The zero-order valence-corrected chi connectivity index (χ0v) is 16.0. The standard InChI is InChI=1S/C21H22FN3O3/c1-23(2)16-5-4-6-17(13-16)25-20(27)18(14-7-9-15(22)10-8-14)19(21(25)28)24(3)11-12-26/h4-10,13,26H,11-12H2,1-3H3. The van der Waals surface area contributed by atoms with Crippen molar-refractivity contribution in [3.8, 4) is 0 Å². The first-order valence-corrected chi connectivity index (χ1v) is 8.83. The second-order valence-electron chi connectivity index (χ2n) is 6.74. The molecule has 0 aromatic heterocycles. The van der Waals surface area contributed by atoms with E-state index in [9.17, 15) is 19.1 Å². The molecule has 0 radical (unpaired) electrons. The van der Waals surface area contributed by atoms with Gasteiger partial charge in [-0.05, 0) is 35.9 Å². The van der Waals surface area contributed by atoms with Gasteiger partial charge in [-0.15, -0.1) is 0 Å². The van der Waals surface area contributed by atoms with E-state index < -0.39 is 17.6 Å². The van der Waals surface area contributed by atoms with Crippen molar-refractivity contribution in [2.75, 3.05) is 44.1 Å². The zero-order valence-electron chi connectivity index (χ0n) is 16.0. The Morgan fingerprint density at radius 3 is 2.29 bits per heavy atom. The smallest absolute Gasteiger partial charge is 0.282 e. The highest BCUT2D eigenvalue weighted by atomic mass is 19.1. The van der Waals surface area contributed by atoms with Crippen LogP contribution in [0.15, 0.2) is 54.2 Å². The lowest BCUT2D eigenvalue weighted by Gasteiger charge is -2.21. The predicted octanol–water partition coefficient (Wildman–Crippen LogP) is 2.10. The molecule has 0 saturated heterocycles. The molecular formula is C21H22FN3O3. The normalized spacial score (nSPS) is 14.1.